The molecule has 0 radical (unpaired) electrons. The summed E-state index contributed by atoms with van der Waals surface area (Å²) in [7, 11) is 0. The number of nitrogens with zero attached hydrogens (tertiary/aromatic N) is 3. The molecule has 7 heteroatoms. The highest BCUT2D eigenvalue weighted by Crippen LogP contribution is 2.17. The van der Waals surface area contributed by atoms with Crippen LogP contribution in [0.2, 0.25) is 0 Å². The minimum absolute atomic E-state index is 0.264. The van der Waals surface area contributed by atoms with Gasteiger partial charge in [0.1, 0.15) is 0 Å². The number of rotatable bonds is 5. The van der Waals surface area contributed by atoms with Gasteiger partial charge in [-0.1, -0.05) is 12.1 Å². The SMILES string of the molecule is CCOC(=O)c1ccccc1NC(=O)c1ccc(-n2cccn2)nc1. The lowest BCUT2D eigenvalue weighted by atomic mass is 10.1. The van der Waals surface area contributed by atoms with Crippen LogP contribution in [0, 0.1) is 0 Å². The maximum atomic E-state index is 12.4. The van der Waals surface area contributed by atoms with Gasteiger partial charge in [0.15, 0.2) is 5.82 Å². The van der Waals surface area contributed by atoms with Crippen molar-refractivity contribution in [1.29, 1.82) is 0 Å². The van der Waals surface area contributed by atoms with Gasteiger partial charge in [0.25, 0.3) is 5.91 Å². The van der Waals surface area contributed by atoms with Gasteiger partial charge >= 0.3 is 5.97 Å². The molecule has 0 unspecified atom stereocenters. The summed E-state index contributed by atoms with van der Waals surface area (Å²) in [6, 6.07) is 11.8. The number of aromatic nitrogens is 3. The van der Waals surface area contributed by atoms with Gasteiger partial charge in [0, 0.05) is 18.6 Å². The average molecular weight is 336 g/mol. The first-order chi connectivity index (χ1) is 12.2. The fourth-order valence-electron chi connectivity index (χ4n) is 2.23. The lowest BCUT2D eigenvalue weighted by Gasteiger charge is -2.10. The van der Waals surface area contributed by atoms with E-state index in [4.69, 9.17) is 4.74 Å². The average Bonchev–Trinajstić information content (AvgIpc) is 3.17. The molecule has 0 saturated carbocycles. The summed E-state index contributed by atoms with van der Waals surface area (Å²) in [5.41, 5.74) is 1.07. The Morgan fingerprint density at radius 2 is 2.00 bits per heavy atom. The zero-order valence-electron chi connectivity index (χ0n) is 13.5. The third-order valence-electron chi connectivity index (χ3n) is 3.42. The van der Waals surface area contributed by atoms with Crippen LogP contribution in [0.4, 0.5) is 5.69 Å². The Morgan fingerprint density at radius 3 is 2.68 bits per heavy atom. The molecule has 0 atom stereocenters. The molecular formula is C18H16N4O3. The fraction of sp³-hybridized carbons (Fsp3) is 0.111. The van der Waals surface area contributed by atoms with Crippen LogP contribution in [0.3, 0.4) is 0 Å². The number of anilines is 1. The van der Waals surface area contributed by atoms with Gasteiger partial charge in [0.2, 0.25) is 0 Å². The molecule has 0 spiro atoms. The van der Waals surface area contributed by atoms with Crippen LogP contribution in [-0.4, -0.2) is 33.2 Å². The minimum Gasteiger partial charge on any atom is -0.462 e. The van der Waals surface area contributed by atoms with Crippen molar-refractivity contribution in [2.45, 2.75) is 6.92 Å². The van der Waals surface area contributed by atoms with Crippen molar-refractivity contribution in [3.05, 3.63) is 72.2 Å². The van der Waals surface area contributed by atoms with Crippen molar-refractivity contribution < 1.29 is 14.3 Å². The van der Waals surface area contributed by atoms with Crippen molar-refractivity contribution in [3.8, 4) is 5.82 Å². The lowest BCUT2D eigenvalue weighted by molar-refractivity contribution is 0.0527. The summed E-state index contributed by atoms with van der Waals surface area (Å²) in [6.45, 7) is 1.99. The molecule has 0 aliphatic carbocycles. The van der Waals surface area contributed by atoms with Crippen LogP contribution in [0.25, 0.3) is 5.82 Å². The summed E-state index contributed by atoms with van der Waals surface area (Å²) in [5.74, 6) is -0.240. The van der Waals surface area contributed by atoms with Crippen molar-refractivity contribution in [2.75, 3.05) is 11.9 Å². The molecule has 3 aromatic rings. The maximum Gasteiger partial charge on any atom is 0.340 e. The van der Waals surface area contributed by atoms with E-state index in [0.29, 0.717) is 22.6 Å². The minimum atomic E-state index is -0.481. The zero-order valence-corrected chi connectivity index (χ0v) is 13.5. The van der Waals surface area contributed by atoms with Gasteiger partial charge in [-0.15, -0.1) is 0 Å². The lowest BCUT2D eigenvalue weighted by Crippen LogP contribution is -2.16. The Bertz CT molecular complexity index is 874. The van der Waals surface area contributed by atoms with Gasteiger partial charge in [-0.2, -0.15) is 5.10 Å². The molecule has 3 rings (SSSR count). The van der Waals surface area contributed by atoms with E-state index in [1.54, 1.807) is 66.5 Å². The van der Waals surface area contributed by atoms with Crippen LogP contribution >= 0.6 is 0 Å². The quantitative estimate of drug-likeness (QED) is 0.724. The van der Waals surface area contributed by atoms with E-state index in [1.165, 1.54) is 6.20 Å². The first-order valence-corrected chi connectivity index (χ1v) is 7.72. The van der Waals surface area contributed by atoms with E-state index < -0.39 is 5.97 Å². The molecule has 0 bridgehead atoms. The molecule has 0 saturated heterocycles. The first-order valence-electron chi connectivity index (χ1n) is 7.72. The Morgan fingerprint density at radius 1 is 1.16 bits per heavy atom. The van der Waals surface area contributed by atoms with Gasteiger partial charge in [0.05, 0.1) is 23.4 Å². The Hall–Kier alpha value is -3.48. The molecule has 0 aliphatic heterocycles. The number of esters is 1. The number of hydrogen-bond donors (Lipinski definition) is 1. The predicted octanol–water partition coefficient (Wildman–Crippen LogP) is 2.70. The van der Waals surface area contributed by atoms with E-state index in [2.05, 4.69) is 15.4 Å². The van der Waals surface area contributed by atoms with E-state index in [1.807, 2.05) is 0 Å². The molecule has 0 aliphatic rings. The second-order valence-corrected chi connectivity index (χ2v) is 5.08. The molecule has 7 nitrogen and oxygen atoms in total. The normalized spacial score (nSPS) is 10.3. The van der Waals surface area contributed by atoms with E-state index in [9.17, 15) is 9.59 Å². The second kappa shape index (κ2) is 7.39. The van der Waals surface area contributed by atoms with E-state index in [0.717, 1.165) is 0 Å². The summed E-state index contributed by atoms with van der Waals surface area (Å²) in [6.07, 6.45) is 4.87. The van der Waals surface area contributed by atoms with Crippen LogP contribution in [0.5, 0.6) is 0 Å². The van der Waals surface area contributed by atoms with Crippen LogP contribution in [0.1, 0.15) is 27.6 Å². The molecule has 1 amide bonds. The summed E-state index contributed by atoms with van der Waals surface area (Å²) >= 11 is 0. The zero-order chi connectivity index (χ0) is 17.6. The van der Waals surface area contributed by atoms with Gasteiger partial charge in [-0.25, -0.2) is 14.5 Å². The molecule has 2 aromatic heterocycles. The summed E-state index contributed by atoms with van der Waals surface area (Å²) in [5, 5.41) is 6.80. The maximum absolute atomic E-state index is 12.4. The number of pyridine rings is 1. The second-order valence-electron chi connectivity index (χ2n) is 5.08. The number of nitrogens with one attached hydrogen (secondary N) is 1. The number of hydrogen-bond acceptors (Lipinski definition) is 5. The predicted molar refractivity (Wildman–Crippen MR) is 91.7 cm³/mol. The van der Waals surface area contributed by atoms with Gasteiger partial charge < -0.3 is 10.1 Å². The number of benzene rings is 1. The van der Waals surface area contributed by atoms with Crippen molar-refractivity contribution in [1.82, 2.24) is 14.8 Å². The number of carbonyl (C=O) groups excluding carboxylic acids is 2. The number of para-hydroxylation sites is 1. The number of carbonyl (C=O) groups is 2. The van der Waals surface area contributed by atoms with Crippen LogP contribution in [-0.2, 0) is 4.74 Å². The molecule has 126 valence electrons. The summed E-state index contributed by atoms with van der Waals surface area (Å²) < 4.78 is 6.60. The highest BCUT2D eigenvalue weighted by Gasteiger charge is 2.15. The van der Waals surface area contributed by atoms with Crippen molar-refractivity contribution in [2.24, 2.45) is 0 Å². The first kappa shape index (κ1) is 16.4. The number of amides is 1. The van der Waals surface area contributed by atoms with Crippen LogP contribution < -0.4 is 5.32 Å². The standard InChI is InChI=1S/C18H16N4O3/c1-2-25-18(24)14-6-3-4-7-15(14)21-17(23)13-8-9-16(19-12-13)22-11-5-10-20-22/h3-12H,2H2,1H3,(H,21,23). The molecule has 25 heavy (non-hydrogen) atoms. The van der Waals surface area contributed by atoms with Gasteiger partial charge in [-0.3, -0.25) is 4.79 Å². The highest BCUT2D eigenvalue weighted by molar-refractivity contribution is 6.07. The molecule has 1 N–H and O–H groups in total. The summed E-state index contributed by atoms with van der Waals surface area (Å²) in [4.78, 5) is 28.6. The van der Waals surface area contributed by atoms with E-state index >= 15 is 0 Å². The van der Waals surface area contributed by atoms with Crippen LogP contribution in [0.15, 0.2) is 61.1 Å². The third-order valence-corrected chi connectivity index (χ3v) is 3.42. The molecule has 2 heterocycles. The highest BCUT2D eigenvalue weighted by atomic mass is 16.5. The molecule has 0 fully saturated rings. The monoisotopic (exact) mass is 336 g/mol. The largest absolute Gasteiger partial charge is 0.462 e. The number of ether oxygens (including phenoxy) is 1. The Balaban J connectivity index is 1.78. The topological polar surface area (TPSA) is 86.1 Å². The fourth-order valence-corrected chi connectivity index (χ4v) is 2.23. The molecular weight excluding hydrogens is 320 g/mol. The third kappa shape index (κ3) is 3.72. The smallest absolute Gasteiger partial charge is 0.340 e. The van der Waals surface area contributed by atoms with Crippen molar-refractivity contribution in [3.63, 3.8) is 0 Å². The molecule has 1 aromatic carbocycles. The van der Waals surface area contributed by atoms with Gasteiger partial charge in [-0.05, 0) is 37.3 Å². The Kier molecular flexibility index (Phi) is 4.84. The Labute approximate surface area is 144 Å². The van der Waals surface area contributed by atoms with Crippen molar-refractivity contribution >= 4 is 17.6 Å². The van der Waals surface area contributed by atoms with E-state index in [-0.39, 0.29) is 12.5 Å².